The SMILES string of the molecule is COc1ccc(-c2ccc(CO)o2)cc1NC(=O)c1ccc(OC)c([N+](=O)[O-])c1. The number of furan rings is 1. The number of nitrogens with zero attached hydrogens (tertiary/aromatic N) is 1. The third-order valence-electron chi connectivity index (χ3n) is 4.19. The molecule has 3 aromatic rings. The van der Waals surface area contributed by atoms with Crippen LogP contribution in [0.1, 0.15) is 16.1 Å². The van der Waals surface area contributed by atoms with Crippen LogP contribution in [0.4, 0.5) is 11.4 Å². The van der Waals surface area contributed by atoms with Gasteiger partial charge in [0.05, 0.1) is 24.8 Å². The molecule has 0 saturated heterocycles. The van der Waals surface area contributed by atoms with Crippen molar-refractivity contribution in [3.05, 3.63) is 70.0 Å². The molecule has 2 aromatic carbocycles. The molecule has 9 nitrogen and oxygen atoms in total. The zero-order chi connectivity index (χ0) is 21.0. The summed E-state index contributed by atoms with van der Waals surface area (Å²) in [4.78, 5) is 23.2. The first-order chi connectivity index (χ1) is 14.0. The molecule has 0 radical (unpaired) electrons. The molecule has 150 valence electrons. The maximum atomic E-state index is 12.7. The molecular weight excluding hydrogens is 380 g/mol. The molecule has 2 N–H and O–H groups in total. The standard InChI is InChI=1S/C20H18N2O7/c1-27-18-6-3-12(17-8-5-14(11-23)29-17)9-15(18)21-20(24)13-4-7-19(28-2)16(10-13)22(25)26/h3-10,23H,11H2,1-2H3,(H,21,24). The number of benzene rings is 2. The van der Waals surface area contributed by atoms with E-state index in [-0.39, 0.29) is 23.6 Å². The first-order valence-corrected chi connectivity index (χ1v) is 8.48. The third-order valence-corrected chi connectivity index (χ3v) is 4.19. The lowest BCUT2D eigenvalue weighted by Crippen LogP contribution is -2.13. The minimum atomic E-state index is -0.619. The fourth-order valence-corrected chi connectivity index (χ4v) is 2.75. The first kappa shape index (κ1) is 19.9. The summed E-state index contributed by atoms with van der Waals surface area (Å²) in [7, 11) is 2.77. The molecule has 0 spiro atoms. The number of nitrogens with one attached hydrogen (secondary N) is 1. The summed E-state index contributed by atoms with van der Waals surface area (Å²) in [6.07, 6.45) is 0. The molecule has 1 heterocycles. The average molecular weight is 398 g/mol. The molecule has 29 heavy (non-hydrogen) atoms. The largest absolute Gasteiger partial charge is 0.495 e. The Hall–Kier alpha value is -3.85. The smallest absolute Gasteiger partial charge is 0.311 e. The Morgan fingerprint density at radius 2 is 1.83 bits per heavy atom. The average Bonchev–Trinajstić information content (AvgIpc) is 3.22. The van der Waals surface area contributed by atoms with Gasteiger partial charge in [-0.1, -0.05) is 0 Å². The van der Waals surface area contributed by atoms with E-state index in [4.69, 9.17) is 19.0 Å². The predicted molar refractivity (Wildman–Crippen MR) is 104 cm³/mol. The zero-order valence-electron chi connectivity index (χ0n) is 15.7. The minimum Gasteiger partial charge on any atom is -0.495 e. The molecule has 0 aliphatic heterocycles. The van der Waals surface area contributed by atoms with Crippen LogP contribution in [0.15, 0.2) is 52.9 Å². The number of anilines is 1. The number of carbonyl (C=O) groups is 1. The van der Waals surface area contributed by atoms with Crippen molar-refractivity contribution in [3.63, 3.8) is 0 Å². The van der Waals surface area contributed by atoms with Crippen LogP contribution in [0.5, 0.6) is 11.5 Å². The van der Waals surface area contributed by atoms with Crippen molar-refractivity contribution in [2.75, 3.05) is 19.5 Å². The highest BCUT2D eigenvalue weighted by Gasteiger charge is 2.19. The number of ether oxygens (including phenoxy) is 2. The van der Waals surface area contributed by atoms with Crippen molar-refractivity contribution in [2.45, 2.75) is 6.61 Å². The van der Waals surface area contributed by atoms with Gasteiger partial charge in [-0.25, -0.2) is 0 Å². The molecule has 0 fully saturated rings. The highest BCUT2D eigenvalue weighted by atomic mass is 16.6. The summed E-state index contributed by atoms with van der Waals surface area (Å²) in [6, 6.07) is 12.3. The number of aliphatic hydroxyl groups is 1. The number of methoxy groups -OCH3 is 2. The van der Waals surface area contributed by atoms with Crippen LogP contribution in [0.25, 0.3) is 11.3 Å². The molecular formula is C20H18N2O7. The predicted octanol–water partition coefficient (Wildman–Crippen LogP) is 3.62. The molecule has 0 aliphatic rings. The number of hydrogen-bond acceptors (Lipinski definition) is 7. The Bertz CT molecular complexity index is 1060. The Morgan fingerprint density at radius 3 is 2.45 bits per heavy atom. The van der Waals surface area contributed by atoms with E-state index < -0.39 is 10.8 Å². The van der Waals surface area contributed by atoms with Crippen LogP contribution in [0.2, 0.25) is 0 Å². The van der Waals surface area contributed by atoms with Gasteiger partial charge in [-0.3, -0.25) is 14.9 Å². The molecule has 3 rings (SSSR count). The van der Waals surface area contributed by atoms with E-state index in [9.17, 15) is 14.9 Å². The minimum absolute atomic E-state index is 0.0589. The van der Waals surface area contributed by atoms with Crippen molar-refractivity contribution in [1.82, 2.24) is 0 Å². The second-order valence-electron chi connectivity index (χ2n) is 5.94. The Kier molecular flexibility index (Phi) is 5.79. The Labute approximate surface area is 165 Å². The van der Waals surface area contributed by atoms with E-state index in [0.29, 0.717) is 28.5 Å². The fourth-order valence-electron chi connectivity index (χ4n) is 2.75. The van der Waals surface area contributed by atoms with Gasteiger partial charge >= 0.3 is 5.69 Å². The number of aliphatic hydroxyl groups excluding tert-OH is 1. The van der Waals surface area contributed by atoms with Gasteiger partial charge in [0.2, 0.25) is 0 Å². The van der Waals surface area contributed by atoms with Gasteiger partial charge in [-0.05, 0) is 42.5 Å². The monoisotopic (exact) mass is 398 g/mol. The number of rotatable bonds is 7. The number of carbonyl (C=O) groups excluding carboxylic acids is 1. The number of nitro benzene ring substituents is 1. The molecule has 0 saturated carbocycles. The van der Waals surface area contributed by atoms with Crippen molar-refractivity contribution in [2.24, 2.45) is 0 Å². The number of hydrogen-bond donors (Lipinski definition) is 2. The third kappa shape index (κ3) is 4.19. The molecule has 1 amide bonds. The van der Waals surface area contributed by atoms with E-state index >= 15 is 0 Å². The second-order valence-corrected chi connectivity index (χ2v) is 5.94. The summed E-state index contributed by atoms with van der Waals surface area (Å²) >= 11 is 0. The van der Waals surface area contributed by atoms with Crippen molar-refractivity contribution in [1.29, 1.82) is 0 Å². The fraction of sp³-hybridized carbons (Fsp3) is 0.150. The van der Waals surface area contributed by atoms with E-state index in [2.05, 4.69) is 5.32 Å². The van der Waals surface area contributed by atoms with Gasteiger partial charge in [0.1, 0.15) is 23.9 Å². The van der Waals surface area contributed by atoms with Gasteiger partial charge in [0.15, 0.2) is 5.75 Å². The summed E-state index contributed by atoms with van der Waals surface area (Å²) in [5.41, 5.74) is 0.787. The zero-order valence-corrected chi connectivity index (χ0v) is 15.7. The normalized spacial score (nSPS) is 10.4. The van der Waals surface area contributed by atoms with Crippen LogP contribution in [-0.2, 0) is 6.61 Å². The summed E-state index contributed by atoms with van der Waals surface area (Å²) in [6.45, 7) is -0.226. The van der Waals surface area contributed by atoms with E-state index in [1.807, 2.05) is 0 Å². The van der Waals surface area contributed by atoms with Crippen LogP contribution in [0, 0.1) is 10.1 Å². The van der Waals surface area contributed by atoms with E-state index in [1.54, 1.807) is 30.3 Å². The van der Waals surface area contributed by atoms with Crippen LogP contribution in [0.3, 0.4) is 0 Å². The van der Waals surface area contributed by atoms with Gasteiger partial charge in [-0.15, -0.1) is 0 Å². The molecule has 0 bridgehead atoms. The highest BCUT2D eigenvalue weighted by Crippen LogP contribution is 2.33. The quantitative estimate of drug-likeness (QED) is 0.460. The highest BCUT2D eigenvalue weighted by molar-refractivity contribution is 6.05. The van der Waals surface area contributed by atoms with Gasteiger partial charge in [-0.2, -0.15) is 0 Å². The van der Waals surface area contributed by atoms with Crippen molar-refractivity contribution >= 4 is 17.3 Å². The van der Waals surface area contributed by atoms with E-state index in [1.165, 1.54) is 26.4 Å². The van der Waals surface area contributed by atoms with Crippen molar-refractivity contribution in [3.8, 4) is 22.8 Å². The van der Waals surface area contributed by atoms with Crippen LogP contribution >= 0.6 is 0 Å². The van der Waals surface area contributed by atoms with Crippen molar-refractivity contribution < 1.29 is 28.7 Å². The Morgan fingerprint density at radius 1 is 1.10 bits per heavy atom. The lowest BCUT2D eigenvalue weighted by atomic mass is 10.1. The summed E-state index contributed by atoms with van der Waals surface area (Å²) in [5.74, 6) is 0.823. The molecule has 9 heteroatoms. The second kappa shape index (κ2) is 8.44. The number of amides is 1. The van der Waals surface area contributed by atoms with Gasteiger partial charge in [0.25, 0.3) is 5.91 Å². The molecule has 0 atom stereocenters. The summed E-state index contributed by atoms with van der Waals surface area (Å²) in [5, 5.41) is 23.0. The Balaban J connectivity index is 1.92. The molecule has 0 unspecified atom stereocenters. The molecule has 0 aliphatic carbocycles. The molecule has 1 aromatic heterocycles. The van der Waals surface area contributed by atoms with Gasteiger partial charge < -0.3 is 24.3 Å². The first-order valence-electron chi connectivity index (χ1n) is 8.48. The van der Waals surface area contributed by atoms with Crippen LogP contribution in [-0.4, -0.2) is 30.2 Å². The van der Waals surface area contributed by atoms with E-state index in [0.717, 1.165) is 6.07 Å². The maximum absolute atomic E-state index is 12.7. The maximum Gasteiger partial charge on any atom is 0.311 e. The lowest BCUT2D eigenvalue weighted by Gasteiger charge is -2.12. The topological polar surface area (TPSA) is 124 Å². The van der Waals surface area contributed by atoms with Gasteiger partial charge in [0, 0.05) is 17.2 Å². The van der Waals surface area contributed by atoms with Crippen LogP contribution < -0.4 is 14.8 Å². The summed E-state index contributed by atoms with van der Waals surface area (Å²) < 4.78 is 15.7. The lowest BCUT2D eigenvalue weighted by molar-refractivity contribution is -0.385. The number of nitro groups is 1.